The summed E-state index contributed by atoms with van der Waals surface area (Å²) in [6, 6.07) is 11.9. The molecule has 16 heavy (non-hydrogen) atoms. The molecule has 0 saturated carbocycles. The van der Waals surface area contributed by atoms with Crippen LogP contribution in [0.4, 0.5) is 0 Å². The summed E-state index contributed by atoms with van der Waals surface area (Å²) >= 11 is 5.72. The molecule has 2 aromatic rings. The predicted molar refractivity (Wildman–Crippen MR) is 64.6 cm³/mol. The van der Waals surface area contributed by atoms with Crippen molar-refractivity contribution >= 4 is 11.6 Å². The molecule has 1 aromatic heterocycles. The molecule has 82 valence electrons. The summed E-state index contributed by atoms with van der Waals surface area (Å²) in [6.45, 7) is 0.550. The highest BCUT2D eigenvalue weighted by atomic mass is 35.5. The van der Waals surface area contributed by atoms with Gasteiger partial charge in [-0.3, -0.25) is 4.98 Å². The van der Waals surface area contributed by atoms with Crippen LogP contribution in [0.2, 0.25) is 0 Å². The monoisotopic (exact) mass is 233 g/mol. The SMILES string of the molecule is ClCc1cncc(OCc2ccccc2)c1. The molecular weight excluding hydrogens is 222 g/mol. The smallest absolute Gasteiger partial charge is 0.138 e. The summed E-state index contributed by atoms with van der Waals surface area (Å²) in [4.78, 5) is 4.06. The van der Waals surface area contributed by atoms with E-state index in [9.17, 15) is 0 Å². The van der Waals surface area contributed by atoms with Crippen molar-refractivity contribution in [1.29, 1.82) is 0 Å². The molecule has 2 nitrogen and oxygen atoms in total. The molecule has 0 bridgehead atoms. The van der Waals surface area contributed by atoms with Gasteiger partial charge in [-0.05, 0) is 17.2 Å². The maximum atomic E-state index is 5.72. The zero-order valence-corrected chi connectivity index (χ0v) is 9.52. The van der Waals surface area contributed by atoms with Crippen LogP contribution in [0.1, 0.15) is 11.1 Å². The Balaban J connectivity index is 1.99. The Bertz CT molecular complexity index is 445. The average molecular weight is 234 g/mol. The second-order valence-electron chi connectivity index (χ2n) is 3.44. The first kappa shape index (κ1) is 11.0. The second kappa shape index (κ2) is 5.52. The Hall–Kier alpha value is -1.54. The molecule has 0 aliphatic heterocycles. The molecule has 0 spiro atoms. The van der Waals surface area contributed by atoms with Crippen LogP contribution in [0, 0.1) is 0 Å². The van der Waals surface area contributed by atoms with Crippen molar-refractivity contribution in [2.45, 2.75) is 12.5 Å². The number of benzene rings is 1. The van der Waals surface area contributed by atoms with Gasteiger partial charge in [0.2, 0.25) is 0 Å². The largest absolute Gasteiger partial charge is 0.487 e. The minimum Gasteiger partial charge on any atom is -0.487 e. The summed E-state index contributed by atoms with van der Waals surface area (Å²) < 4.78 is 5.61. The van der Waals surface area contributed by atoms with Gasteiger partial charge >= 0.3 is 0 Å². The van der Waals surface area contributed by atoms with Gasteiger partial charge in [0, 0.05) is 12.1 Å². The van der Waals surface area contributed by atoms with Gasteiger partial charge in [0.05, 0.1) is 6.20 Å². The summed E-state index contributed by atoms with van der Waals surface area (Å²) in [5, 5.41) is 0. The number of pyridine rings is 1. The fourth-order valence-electron chi connectivity index (χ4n) is 1.36. The first-order valence-corrected chi connectivity index (χ1v) is 5.58. The van der Waals surface area contributed by atoms with Gasteiger partial charge in [0.1, 0.15) is 12.4 Å². The Morgan fingerprint density at radius 1 is 1.06 bits per heavy atom. The lowest BCUT2D eigenvalue weighted by atomic mass is 10.2. The van der Waals surface area contributed by atoms with Crippen LogP contribution in [0.25, 0.3) is 0 Å². The first-order valence-electron chi connectivity index (χ1n) is 5.05. The van der Waals surface area contributed by atoms with E-state index in [1.807, 2.05) is 36.4 Å². The van der Waals surface area contributed by atoms with E-state index in [1.54, 1.807) is 12.4 Å². The molecule has 2 rings (SSSR count). The summed E-state index contributed by atoms with van der Waals surface area (Å²) in [7, 11) is 0. The highest BCUT2D eigenvalue weighted by Crippen LogP contribution is 2.14. The van der Waals surface area contributed by atoms with Crippen LogP contribution in [-0.4, -0.2) is 4.98 Å². The third kappa shape index (κ3) is 2.97. The minimum absolute atomic E-state index is 0.454. The standard InChI is InChI=1S/C13H12ClNO/c14-7-12-6-13(9-15-8-12)16-10-11-4-2-1-3-5-11/h1-6,8-9H,7,10H2. The lowest BCUT2D eigenvalue weighted by Gasteiger charge is -2.06. The molecule has 0 aliphatic rings. The summed E-state index contributed by atoms with van der Waals surface area (Å²) in [6.07, 6.45) is 3.43. The third-order valence-electron chi connectivity index (χ3n) is 2.17. The zero-order chi connectivity index (χ0) is 11.2. The number of rotatable bonds is 4. The molecule has 1 heterocycles. The second-order valence-corrected chi connectivity index (χ2v) is 3.70. The minimum atomic E-state index is 0.454. The van der Waals surface area contributed by atoms with Crippen molar-refractivity contribution in [3.8, 4) is 5.75 Å². The third-order valence-corrected chi connectivity index (χ3v) is 2.48. The Labute approximate surface area is 99.9 Å². The molecule has 0 aliphatic carbocycles. The molecular formula is C13H12ClNO. The zero-order valence-electron chi connectivity index (χ0n) is 8.77. The van der Waals surface area contributed by atoms with E-state index in [2.05, 4.69) is 4.98 Å². The normalized spacial score (nSPS) is 10.1. The first-order chi connectivity index (χ1) is 7.88. The van der Waals surface area contributed by atoms with E-state index in [0.29, 0.717) is 12.5 Å². The van der Waals surface area contributed by atoms with Crippen LogP contribution in [0.5, 0.6) is 5.75 Å². The molecule has 0 atom stereocenters. The van der Waals surface area contributed by atoms with E-state index in [-0.39, 0.29) is 0 Å². The van der Waals surface area contributed by atoms with Crippen molar-refractivity contribution in [2.75, 3.05) is 0 Å². The van der Waals surface area contributed by atoms with Gasteiger partial charge in [-0.2, -0.15) is 0 Å². The number of aromatic nitrogens is 1. The van der Waals surface area contributed by atoms with Gasteiger partial charge in [-0.25, -0.2) is 0 Å². The van der Waals surface area contributed by atoms with E-state index >= 15 is 0 Å². The predicted octanol–water partition coefficient (Wildman–Crippen LogP) is 3.40. The molecule has 0 saturated heterocycles. The van der Waals surface area contributed by atoms with Crippen LogP contribution in [0.15, 0.2) is 48.8 Å². The maximum Gasteiger partial charge on any atom is 0.138 e. The van der Waals surface area contributed by atoms with Crippen molar-refractivity contribution in [1.82, 2.24) is 4.98 Å². The molecule has 1 aromatic carbocycles. The lowest BCUT2D eigenvalue weighted by Crippen LogP contribution is -1.96. The maximum absolute atomic E-state index is 5.72. The summed E-state index contributed by atoms with van der Waals surface area (Å²) in [5.74, 6) is 1.21. The van der Waals surface area contributed by atoms with E-state index in [0.717, 1.165) is 16.9 Å². The number of alkyl halides is 1. The lowest BCUT2D eigenvalue weighted by molar-refractivity contribution is 0.304. The van der Waals surface area contributed by atoms with Crippen molar-refractivity contribution in [3.05, 3.63) is 59.9 Å². The van der Waals surface area contributed by atoms with Gasteiger partial charge in [0.25, 0.3) is 0 Å². The van der Waals surface area contributed by atoms with E-state index in [4.69, 9.17) is 16.3 Å². The molecule has 0 N–H and O–H groups in total. The van der Waals surface area contributed by atoms with E-state index in [1.165, 1.54) is 0 Å². The summed E-state index contributed by atoms with van der Waals surface area (Å²) in [5.41, 5.74) is 2.10. The number of nitrogens with zero attached hydrogens (tertiary/aromatic N) is 1. The number of hydrogen-bond donors (Lipinski definition) is 0. The van der Waals surface area contributed by atoms with Crippen molar-refractivity contribution in [3.63, 3.8) is 0 Å². The van der Waals surface area contributed by atoms with Crippen LogP contribution in [0.3, 0.4) is 0 Å². The van der Waals surface area contributed by atoms with Gasteiger partial charge in [-0.15, -0.1) is 11.6 Å². The molecule has 0 radical (unpaired) electrons. The fraction of sp³-hybridized carbons (Fsp3) is 0.154. The van der Waals surface area contributed by atoms with Crippen LogP contribution < -0.4 is 4.74 Å². The average Bonchev–Trinajstić information content (AvgIpc) is 2.38. The van der Waals surface area contributed by atoms with Crippen molar-refractivity contribution < 1.29 is 4.74 Å². The van der Waals surface area contributed by atoms with E-state index < -0.39 is 0 Å². The Kier molecular flexibility index (Phi) is 3.78. The highest BCUT2D eigenvalue weighted by molar-refractivity contribution is 6.17. The van der Waals surface area contributed by atoms with Gasteiger partial charge in [-0.1, -0.05) is 30.3 Å². The molecule has 0 unspecified atom stereocenters. The van der Waals surface area contributed by atoms with Crippen molar-refractivity contribution in [2.24, 2.45) is 0 Å². The van der Waals surface area contributed by atoms with Gasteiger partial charge in [0.15, 0.2) is 0 Å². The van der Waals surface area contributed by atoms with Crippen LogP contribution in [-0.2, 0) is 12.5 Å². The van der Waals surface area contributed by atoms with Crippen LogP contribution >= 0.6 is 11.6 Å². The topological polar surface area (TPSA) is 22.1 Å². The number of halogens is 1. The fourth-order valence-corrected chi connectivity index (χ4v) is 1.50. The Morgan fingerprint density at radius 2 is 1.88 bits per heavy atom. The molecule has 0 fully saturated rings. The molecule has 3 heteroatoms. The Morgan fingerprint density at radius 3 is 2.62 bits per heavy atom. The highest BCUT2D eigenvalue weighted by Gasteiger charge is 1.97. The number of ether oxygens (including phenoxy) is 1. The quantitative estimate of drug-likeness (QED) is 0.756. The number of hydrogen-bond acceptors (Lipinski definition) is 2. The molecule has 0 amide bonds. The van der Waals surface area contributed by atoms with Gasteiger partial charge < -0.3 is 4.74 Å².